The molecule has 0 aromatic heterocycles. The molecule has 2 aromatic carbocycles. The van der Waals surface area contributed by atoms with E-state index in [1.54, 1.807) is 32.4 Å². The van der Waals surface area contributed by atoms with Gasteiger partial charge >= 0.3 is 0 Å². The molecule has 1 N–H and O–H groups in total. The molecule has 24 heavy (non-hydrogen) atoms. The number of nitrogens with one attached hydrogen (secondary N) is 1. The fourth-order valence-electron chi connectivity index (χ4n) is 2.32. The standard InChI is InChI=1S/C18H21BrN2O3/c1-21(11-13-6-4-5-7-15(13)19)12-18(22)20-16-10-14(23-2)8-9-17(16)24-3/h4-10H,11-12H2,1-3H3,(H,20,22). The van der Waals surface area contributed by atoms with Crippen LogP contribution in [-0.4, -0.2) is 38.6 Å². The van der Waals surface area contributed by atoms with Crippen molar-refractivity contribution in [3.63, 3.8) is 0 Å². The van der Waals surface area contributed by atoms with Gasteiger partial charge in [-0.15, -0.1) is 0 Å². The van der Waals surface area contributed by atoms with Crippen LogP contribution < -0.4 is 14.8 Å². The van der Waals surface area contributed by atoms with E-state index in [2.05, 4.69) is 21.2 Å². The quantitative estimate of drug-likeness (QED) is 0.782. The van der Waals surface area contributed by atoms with Crippen LogP contribution in [0.4, 0.5) is 5.69 Å². The lowest BCUT2D eigenvalue weighted by Crippen LogP contribution is -2.30. The minimum Gasteiger partial charge on any atom is -0.497 e. The molecule has 0 bridgehead atoms. The number of halogens is 1. The molecule has 0 atom stereocenters. The van der Waals surface area contributed by atoms with E-state index in [0.29, 0.717) is 23.7 Å². The van der Waals surface area contributed by atoms with E-state index in [4.69, 9.17) is 9.47 Å². The minimum absolute atomic E-state index is 0.115. The summed E-state index contributed by atoms with van der Waals surface area (Å²) in [6.07, 6.45) is 0. The molecule has 6 heteroatoms. The molecular formula is C18H21BrN2O3. The average Bonchev–Trinajstić information content (AvgIpc) is 2.56. The summed E-state index contributed by atoms with van der Waals surface area (Å²) in [6.45, 7) is 0.936. The molecule has 0 spiro atoms. The summed E-state index contributed by atoms with van der Waals surface area (Å²) in [5, 5.41) is 2.87. The van der Waals surface area contributed by atoms with E-state index in [1.807, 2.05) is 36.2 Å². The number of rotatable bonds is 7. The number of carbonyl (C=O) groups excluding carboxylic acids is 1. The van der Waals surface area contributed by atoms with Crippen molar-refractivity contribution in [1.82, 2.24) is 4.90 Å². The molecule has 1 amide bonds. The molecule has 0 saturated heterocycles. The molecule has 2 rings (SSSR count). The summed E-state index contributed by atoms with van der Waals surface area (Å²) in [5.74, 6) is 1.14. The van der Waals surface area contributed by atoms with Gasteiger partial charge < -0.3 is 14.8 Å². The fourth-order valence-corrected chi connectivity index (χ4v) is 2.73. The Kier molecular flexibility index (Phi) is 6.63. The monoisotopic (exact) mass is 392 g/mol. The zero-order valence-electron chi connectivity index (χ0n) is 14.0. The third-order valence-electron chi connectivity index (χ3n) is 3.49. The first kappa shape index (κ1) is 18.3. The third-order valence-corrected chi connectivity index (χ3v) is 4.27. The second-order valence-corrected chi connectivity index (χ2v) is 6.23. The van der Waals surface area contributed by atoms with Gasteiger partial charge in [-0.2, -0.15) is 0 Å². The Morgan fingerprint density at radius 3 is 2.58 bits per heavy atom. The SMILES string of the molecule is COc1ccc(OC)c(NC(=O)CN(C)Cc2ccccc2Br)c1. The molecule has 0 saturated carbocycles. The third kappa shape index (κ3) is 4.97. The molecule has 5 nitrogen and oxygen atoms in total. The second kappa shape index (κ2) is 8.70. The van der Waals surface area contributed by atoms with E-state index in [-0.39, 0.29) is 12.5 Å². The maximum absolute atomic E-state index is 12.3. The molecule has 0 aliphatic heterocycles. The fraction of sp³-hybridized carbons (Fsp3) is 0.278. The lowest BCUT2D eigenvalue weighted by Gasteiger charge is -2.18. The highest BCUT2D eigenvalue weighted by Gasteiger charge is 2.12. The number of hydrogen-bond acceptors (Lipinski definition) is 4. The van der Waals surface area contributed by atoms with Gasteiger partial charge in [-0.25, -0.2) is 0 Å². The van der Waals surface area contributed by atoms with Crippen molar-refractivity contribution in [3.05, 3.63) is 52.5 Å². The van der Waals surface area contributed by atoms with Crippen LogP contribution in [-0.2, 0) is 11.3 Å². The Labute approximate surface area is 150 Å². The number of nitrogens with zero attached hydrogens (tertiary/aromatic N) is 1. The van der Waals surface area contributed by atoms with E-state index in [0.717, 1.165) is 10.0 Å². The van der Waals surface area contributed by atoms with Crippen molar-refractivity contribution < 1.29 is 14.3 Å². The lowest BCUT2D eigenvalue weighted by molar-refractivity contribution is -0.117. The molecule has 2 aromatic rings. The van der Waals surface area contributed by atoms with Crippen LogP contribution >= 0.6 is 15.9 Å². The van der Waals surface area contributed by atoms with Crippen LogP contribution in [0.5, 0.6) is 11.5 Å². The van der Waals surface area contributed by atoms with Crippen LogP contribution in [0, 0.1) is 0 Å². The van der Waals surface area contributed by atoms with E-state index in [1.165, 1.54) is 0 Å². The number of likely N-dealkylation sites (N-methyl/N-ethyl adjacent to an activating group) is 1. The maximum atomic E-state index is 12.3. The summed E-state index contributed by atoms with van der Waals surface area (Å²) in [4.78, 5) is 14.3. The topological polar surface area (TPSA) is 50.8 Å². The largest absolute Gasteiger partial charge is 0.497 e. The van der Waals surface area contributed by atoms with E-state index in [9.17, 15) is 4.79 Å². The Hall–Kier alpha value is -2.05. The molecular weight excluding hydrogens is 372 g/mol. The predicted molar refractivity (Wildman–Crippen MR) is 98.7 cm³/mol. The maximum Gasteiger partial charge on any atom is 0.238 e. The van der Waals surface area contributed by atoms with Gasteiger partial charge in [-0.3, -0.25) is 9.69 Å². The highest BCUT2D eigenvalue weighted by Crippen LogP contribution is 2.28. The van der Waals surface area contributed by atoms with Crippen molar-refractivity contribution in [3.8, 4) is 11.5 Å². The van der Waals surface area contributed by atoms with Crippen molar-refractivity contribution in [2.75, 3.05) is 33.1 Å². The van der Waals surface area contributed by atoms with Crippen molar-refractivity contribution in [2.45, 2.75) is 6.54 Å². The number of anilines is 1. The van der Waals surface area contributed by atoms with Gasteiger partial charge in [0.25, 0.3) is 0 Å². The Morgan fingerprint density at radius 2 is 1.92 bits per heavy atom. The number of hydrogen-bond donors (Lipinski definition) is 1. The molecule has 0 heterocycles. The first-order valence-corrected chi connectivity index (χ1v) is 8.26. The van der Waals surface area contributed by atoms with Crippen LogP contribution in [0.25, 0.3) is 0 Å². The van der Waals surface area contributed by atoms with E-state index >= 15 is 0 Å². The zero-order valence-corrected chi connectivity index (χ0v) is 15.6. The van der Waals surface area contributed by atoms with Crippen molar-refractivity contribution in [2.24, 2.45) is 0 Å². The number of carbonyl (C=O) groups is 1. The van der Waals surface area contributed by atoms with Gasteiger partial charge in [-0.1, -0.05) is 34.1 Å². The highest BCUT2D eigenvalue weighted by atomic mass is 79.9. The van der Waals surface area contributed by atoms with Crippen LogP contribution in [0.1, 0.15) is 5.56 Å². The van der Waals surface area contributed by atoms with Crippen molar-refractivity contribution >= 4 is 27.5 Å². The van der Waals surface area contributed by atoms with Crippen LogP contribution in [0.2, 0.25) is 0 Å². The molecule has 0 unspecified atom stereocenters. The number of methoxy groups -OCH3 is 2. The summed E-state index contributed by atoms with van der Waals surface area (Å²) in [6, 6.07) is 13.3. The predicted octanol–water partition coefficient (Wildman–Crippen LogP) is 3.54. The van der Waals surface area contributed by atoms with Gasteiger partial charge in [0.05, 0.1) is 26.5 Å². The highest BCUT2D eigenvalue weighted by molar-refractivity contribution is 9.10. The van der Waals surface area contributed by atoms with Crippen molar-refractivity contribution in [1.29, 1.82) is 0 Å². The van der Waals surface area contributed by atoms with Gasteiger partial charge in [0.1, 0.15) is 11.5 Å². The van der Waals surface area contributed by atoms with Gasteiger partial charge in [0, 0.05) is 17.1 Å². The first-order chi connectivity index (χ1) is 11.5. The smallest absolute Gasteiger partial charge is 0.238 e. The van der Waals surface area contributed by atoms with Crippen LogP contribution in [0.3, 0.4) is 0 Å². The molecule has 0 aliphatic rings. The summed E-state index contributed by atoms with van der Waals surface area (Å²) in [7, 11) is 5.05. The molecule has 0 aliphatic carbocycles. The second-order valence-electron chi connectivity index (χ2n) is 5.38. The summed E-state index contributed by atoms with van der Waals surface area (Å²) in [5.41, 5.74) is 1.72. The molecule has 0 fully saturated rings. The van der Waals surface area contributed by atoms with Gasteiger partial charge in [0.2, 0.25) is 5.91 Å². The van der Waals surface area contributed by atoms with Crippen LogP contribution in [0.15, 0.2) is 46.9 Å². The Bertz CT molecular complexity index is 706. The first-order valence-electron chi connectivity index (χ1n) is 7.47. The van der Waals surface area contributed by atoms with E-state index < -0.39 is 0 Å². The molecule has 0 radical (unpaired) electrons. The van der Waals surface area contributed by atoms with Gasteiger partial charge in [0.15, 0.2) is 0 Å². The average molecular weight is 393 g/mol. The number of ether oxygens (including phenoxy) is 2. The zero-order chi connectivity index (χ0) is 17.5. The van der Waals surface area contributed by atoms with Gasteiger partial charge in [-0.05, 0) is 30.8 Å². The lowest BCUT2D eigenvalue weighted by atomic mass is 10.2. The Morgan fingerprint density at radius 1 is 1.17 bits per heavy atom. The Balaban J connectivity index is 1.99. The number of benzene rings is 2. The summed E-state index contributed by atoms with van der Waals surface area (Å²) >= 11 is 3.52. The number of amides is 1. The summed E-state index contributed by atoms with van der Waals surface area (Å²) < 4.78 is 11.5. The molecule has 128 valence electrons. The normalized spacial score (nSPS) is 10.5. The minimum atomic E-state index is -0.115.